The van der Waals surface area contributed by atoms with E-state index in [-0.39, 0.29) is 12.5 Å². The fraction of sp³-hybridized carbons (Fsp3) is 0.438. The highest BCUT2D eigenvalue weighted by Gasteiger charge is 2.18. The molecule has 0 radical (unpaired) electrons. The molecule has 1 rings (SSSR count). The molecule has 108 valence electrons. The Kier molecular flexibility index (Phi) is 6.23. The van der Waals surface area contributed by atoms with Crippen molar-refractivity contribution in [2.75, 3.05) is 20.3 Å². The molecule has 0 saturated heterocycles. The number of amides is 1. The lowest BCUT2D eigenvalue weighted by Gasteiger charge is -2.23. The molecule has 0 aromatic heterocycles. The van der Waals surface area contributed by atoms with Crippen molar-refractivity contribution in [3.8, 4) is 11.8 Å². The van der Waals surface area contributed by atoms with Crippen molar-refractivity contribution in [1.82, 2.24) is 5.32 Å². The number of benzene rings is 1. The minimum absolute atomic E-state index is 0.0173. The van der Waals surface area contributed by atoms with Crippen LogP contribution in [0.2, 0.25) is 0 Å². The summed E-state index contributed by atoms with van der Waals surface area (Å²) in [5.74, 6) is 5.55. The second-order valence-electron chi connectivity index (χ2n) is 4.97. The molecule has 0 spiro atoms. The van der Waals surface area contributed by atoms with Gasteiger partial charge in [-0.25, -0.2) is 0 Å². The predicted molar refractivity (Wildman–Crippen MR) is 78.4 cm³/mol. The first-order valence-electron chi connectivity index (χ1n) is 6.52. The number of aliphatic hydroxyl groups excluding tert-OH is 1. The lowest BCUT2D eigenvalue weighted by atomic mass is 10.1. The Morgan fingerprint density at radius 1 is 1.40 bits per heavy atom. The van der Waals surface area contributed by atoms with Gasteiger partial charge in [-0.15, -0.1) is 0 Å². The van der Waals surface area contributed by atoms with Gasteiger partial charge in [-0.3, -0.25) is 4.79 Å². The van der Waals surface area contributed by atoms with Gasteiger partial charge < -0.3 is 15.2 Å². The second kappa shape index (κ2) is 7.68. The zero-order valence-electron chi connectivity index (χ0n) is 12.2. The molecule has 0 aliphatic carbocycles. The molecular formula is C16H21NO3. The maximum absolute atomic E-state index is 12.2. The first-order chi connectivity index (χ1) is 9.50. The Balaban J connectivity index is 2.81. The second-order valence-corrected chi connectivity index (χ2v) is 4.97. The molecule has 1 aromatic carbocycles. The SMILES string of the molecule is COC(C)(C)CNC(=O)c1ccccc1C#CCCO. The summed E-state index contributed by atoms with van der Waals surface area (Å²) in [6, 6.07) is 7.16. The lowest BCUT2D eigenvalue weighted by molar-refractivity contribution is 0.0228. The molecule has 1 amide bonds. The van der Waals surface area contributed by atoms with Crippen LogP contribution in [-0.2, 0) is 4.74 Å². The molecule has 4 heteroatoms. The predicted octanol–water partition coefficient (Wildman–Crippen LogP) is 1.58. The fourth-order valence-electron chi connectivity index (χ4n) is 1.46. The topological polar surface area (TPSA) is 58.6 Å². The average Bonchev–Trinajstić information content (AvgIpc) is 2.46. The lowest BCUT2D eigenvalue weighted by Crippen LogP contribution is -2.39. The summed E-state index contributed by atoms with van der Waals surface area (Å²) in [6.07, 6.45) is 0.395. The van der Waals surface area contributed by atoms with Gasteiger partial charge in [0.1, 0.15) is 0 Å². The molecule has 0 saturated carbocycles. The van der Waals surface area contributed by atoms with E-state index in [4.69, 9.17) is 9.84 Å². The summed E-state index contributed by atoms with van der Waals surface area (Å²) in [7, 11) is 1.61. The van der Waals surface area contributed by atoms with Gasteiger partial charge in [0.25, 0.3) is 5.91 Å². The van der Waals surface area contributed by atoms with Crippen molar-refractivity contribution in [3.63, 3.8) is 0 Å². The van der Waals surface area contributed by atoms with E-state index >= 15 is 0 Å². The third-order valence-corrected chi connectivity index (χ3v) is 2.86. The monoisotopic (exact) mass is 275 g/mol. The molecule has 0 unspecified atom stereocenters. The van der Waals surface area contributed by atoms with Crippen molar-refractivity contribution >= 4 is 5.91 Å². The van der Waals surface area contributed by atoms with Gasteiger partial charge in [0.2, 0.25) is 0 Å². The van der Waals surface area contributed by atoms with Gasteiger partial charge >= 0.3 is 0 Å². The number of aliphatic hydroxyl groups is 1. The van der Waals surface area contributed by atoms with E-state index in [1.54, 1.807) is 25.3 Å². The number of carbonyl (C=O) groups is 1. The molecule has 0 aliphatic rings. The number of rotatable bonds is 5. The summed E-state index contributed by atoms with van der Waals surface area (Å²) in [4.78, 5) is 12.2. The Morgan fingerprint density at radius 2 is 2.10 bits per heavy atom. The molecule has 0 bridgehead atoms. The van der Waals surface area contributed by atoms with Crippen LogP contribution in [-0.4, -0.2) is 36.9 Å². The van der Waals surface area contributed by atoms with Gasteiger partial charge in [0.05, 0.1) is 17.8 Å². The van der Waals surface area contributed by atoms with E-state index in [0.717, 1.165) is 0 Å². The smallest absolute Gasteiger partial charge is 0.252 e. The van der Waals surface area contributed by atoms with Gasteiger partial charge in [-0.1, -0.05) is 24.0 Å². The molecular weight excluding hydrogens is 254 g/mol. The number of hydrogen-bond acceptors (Lipinski definition) is 3. The minimum Gasteiger partial charge on any atom is -0.395 e. The average molecular weight is 275 g/mol. The van der Waals surface area contributed by atoms with Crippen molar-refractivity contribution < 1.29 is 14.6 Å². The van der Waals surface area contributed by atoms with Crippen LogP contribution in [0.3, 0.4) is 0 Å². The summed E-state index contributed by atoms with van der Waals surface area (Å²) < 4.78 is 5.26. The Hall–Kier alpha value is -1.83. The molecule has 20 heavy (non-hydrogen) atoms. The normalized spacial score (nSPS) is 10.6. The highest BCUT2D eigenvalue weighted by molar-refractivity contribution is 5.96. The largest absolute Gasteiger partial charge is 0.395 e. The Bertz CT molecular complexity index is 512. The molecule has 0 atom stereocenters. The van der Waals surface area contributed by atoms with Crippen LogP contribution >= 0.6 is 0 Å². The van der Waals surface area contributed by atoms with E-state index < -0.39 is 5.60 Å². The molecule has 0 heterocycles. The minimum atomic E-state index is -0.410. The van der Waals surface area contributed by atoms with Crippen LogP contribution in [0.1, 0.15) is 36.2 Å². The first kappa shape index (κ1) is 16.2. The number of hydrogen-bond donors (Lipinski definition) is 2. The quantitative estimate of drug-likeness (QED) is 0.802. The van der Waals surface area contributed by atoms with Crippen LogP contribution in [0.25, 0.3) is 0 Å². The maximum Gasteiger partial charge on any atom is 0.252 e. The third kappa shape index (κ3) is 5.04. The summed E-state index contributed by atoms with van der Waals surface area (Å²) >= 11 is 0. The van der Waals surface area contributed by atoms with E-state index in [2.05, 4.69) is 17.2 Å². The summed E-state index contributed by atoms with van der Waals surface area (Å²) in [5.41, 5.74) is 0.784. The molecule has 1 aromatic rings. The van der Waals surface area contributed by atoms with E-state index in [1.807, 2.05) is 19.9 Å². The number of nitrogens with one attached hydrogen (secondary N) is 1. The first-order valence-corrected chi connectivity index (χ1v) is 6.52. The zero-order valence-corrected chi connectivity index (χ0v) is 12.2. The van der Waals surface area contributed by atoms with Gasteiger partial charge in [-0.2, -0.15) is 0 Å². The van der Waals surface area contributed by atoms with Crippen LogP contribution in [0, 0.1) is 11.8 Å². The summed E-state index contributed by atoms with van der Waals surface area (Å²) in [6.45, 7) is 4.24. The number of carbonyl (C=O) groups excluding carboxylic acids is 1. The van der Waals surface area contributed by atoms with Crippen molar-refractivity contribution in [2.45, 2.75) is 25.9 Å². The summed E-state index contributed by atoms with van der Waals surface area (Å²) in [5, 5.41) is 11.6. The third-order valence-electron chi connectivity index (χ3n) is 2.86. The van der Waals surface area contributed by atoms with Crippen LogP contribution in [0.4, 0.5) is 0 Å². The zero-order chi connectivity index (χ0) is 15.0. The maximum atomic E-state index is 12.2. The van der Waals surface area contributed by atoms with Crippen molar-refractivity contribution in [2.24, 2.45) is 0 Å². The molecule has 0 aliphatic heterocycles. The standard InChI is InChI=1S/C16H21NO3/c1-16(2,20-3)12-17-15(19)14-10-5-4-8-13(14)9-6-7-11-18/h4-5,8,10,18H,7,11-12H2,1-3H3,(H,17,19). The molecule has 4 nitrogen and oxygen atoms in total. The Labute approximate surface area is 120 Å². The van der Waals surface area contributed by atoms with E-state index in [0.29, 0.717) is 24.1 Å². The molecule has 0 fully saturated rings. The van der Waals surface area contributed by atoms with Gasteiger partial charge in [-0.05, 0) is 26.0 Å². The van der Waals surface area contributed by atoms with E-state index in [1.165, 1.54) is 0 Å². The van der Waals surface area contributed by atoms with Crippen molar-refractivity contribution in [1.29, 1.82) is 0 Å². The van der Waals surface area contributed by atoms with Gasteiger partial charge in [0.15, 0.2) is 0 Å². The van der Waals surface area contributed by atoms with Crippen LogP contribution in [0.5, 0.6) is 0 Å². The molecule has 2 N–H and O–H groups in total. The van der Waals surface area contributed by atoms with Crippen LogP contribution in [0.15, 0.2) is 24.3 Å². The number of methoxy groups -OCH3 is 1. The highest BCUT2D eigenvalue weighted by atomic mass is 16.5. The highest BCUT2D eigenvalue weighted by Crippen LogP contribution is 2.09. The van der Waals surface area contributed by atoms with E-state index in [9.17, 15) is 4.79 Å². The van der Waals surface area contributed by atoms with Crippen molar-refractivity contribution in [3.05, 3.63) is 35.4 Å². The fourth-order valence-corrected chi connectivity index (χ4v) is 1.46. The number of ether oxygens (including phenoxy) is 1. The van der Waals surface area contributed by atoms with Crippen LogP contribution < -0.4 is 5.32 Å². The van der Waals surface area contributed by atoms with Gasteiger partial charge in [0, 0.05) is 25.6 Å². The Morgan fingerprint density at radius 3 is 2.75 bits per heavy atom.